The standard InChI is InChI=1S/C6H13N3/c1-5(2)3-4-9-6(7)8/h4-5H,3H2,1-2H3,(H3,7,8). The van der Waals surface area contributed by atoms with Gasteiger partial charge in [-0.15, -0.1) is 0 Å². The van der Waals surface area contributed by atoms with Crippen molar-refractivity contribution in [3.05, 3.63) is 0 Å². The number of aliphatic imine (C=N–C) groups is 1. The van der Waals surface area contributed by atoms with Gasteiger partial charge in [-0.05, 0) is 12.3 Å². The summed E-state index contributed by atoms with van der Waals surface area (Å²) in [4.78, 5) is 3.60. The summed E-state index contributed by atoms with van der Waals surface area (Å²) in [5, 5.41) is 6.72. The second-order valence-corrected chi connectivity index (χ2v) is 2.33. The van der Waals surface area contributed by atoms with E-state index in [9.17, 15) is 0 Å². The fourth-order valence-electron chi connectivity index (χ4n) is 0.362. The molecular weight excluding hydrogens is 114 g/mol. The van der Waals surface area contributed by atoms with Crippen LogP contribution in [0.3, 0.4) is 0 Å². The summed E-state index contributed by atoms with van der Waals surface area (Å²) in [5.41, 5.74) is 4.96. The summed E-state index contributed by atoms with van der Waals surface area (Å²) in [7, 11) is 0. The molecule has 0 atom stereocenters. The van der Waals surface area contributed by atoms with E-state index in [-0.39, 0.29) is 5.96 Å². The van der Waals surface area contributed by atoms with E-state index in [1.807, 2.05) is 0 Å². The third kappa shape index (κ3) is 7.14. The molecule has 0 spiro atoms. The predicted octanol–water partition coefficient (Wildman–Crippen LogP) is 0.997. The van der Waals surface area contributed by atoms with E-state index in [4.69, 9.17) is 11.1 Å². The molecule has 52 valence electrons. The Balaban J connectivity index is 3.36. The second-order valence-electron chi connectivity index (χ2n) is 2.33. The zero-order valence-electron chi connectivity index (χ0n) is 5.89. The molecule has 0 bridgehead atoms. The molecular formula is C6H13N3. The zero-order valence-corrected chi connectivity index (χ0v) is 5.89. The summed E-state index contributed by atoms with van der Waals surface area (Å²) in [6.07, 6.45) is 2.56. The minimum absolute atomic E-state index is 0.115. The fourth-order valence-corrected chi connectivity index (χ4v) is 0.362. The van der Waals surface area contributed by atoms with E-state index in [2.05, 4.69) is 18.8 Å². The summed E-state index contributed by atoms with van der Waals surface area (Å²) >= 11 is 0. The van der Waals surface area contributed by atoms with Gasteiger partial charge in [-0.3, -0.25) is 5.41 Å². The SMILES string of the molecule is CC(C)CC=NC(=N)N. The van der Waals surface area contributed by atoms with Crippen LogP contribution in [0.2, 0.25) is 0 Å². The van der Waals surface area contributed by atoms with Crippen molar-refractivity contribution in [1.29, 1.82) is 5.41 Å². The van der Waals surface area contributed by atoms with Crippen LogP contribution in [0.25, 0.3) is 0 Å². The van der Waals surface area contributed by atoms with Gasteiger partial charge in [-0.2, -0.15) is 0 Å². The first-order valence-corrected chi connectivity index (χ1v) is 2.99. The third-order valence-electron chi connectivity index (χ3n) is 0.807. The van der Waals surface area contributed by atoms with Crippen LogP contribution < -0.4 is 5.73 Å². The Morgan fingerprint density at radius 3 is 2.67 bits per heavy atom. The van der Waals surface area contributed by atoms with Gasteiger partial charge in [0.2, 0.25) is 5.96 Å². The van der Waals surface area contributed by atoms with Crippen LogP contribution in [0.1, 0.15) is 20.3 Å². The van der Waals surface area contributed by atoms with Crippen LogP contribution >= 0.6 is 0 Å². The first-order chi connectivity index (χ1) is 4.13. The van der Waals surface area contributed by atoms with Crippen LogP contribution in [0.15, 0.2) is 4.99 Å². The molecule has 0 radical (unpaired) electrons. The Bertz CT molecular complexity index is 115. The Hall–Kier alpha value is -0.860. The van der Waals surface area contributed by atoms with Crippen molar-refractivity contribution in [2.24, 2.45) is 16.6 Å². The molecule has 9 heavy (non-hydrogen) atoms. The number of nitrogens with zero attached hydrogens (tertiary/aromatic N) is 1. The average Bonchev–Trinajstić information content (AvgIpc) is 1.63. The molecule has 0 aromatic carbocycles. The Labute approximate surface area is 55.5 Å². The highest BCUT2D eigenvalue weighted by molar-refractivity contribution is 5.83. The van der Waals surface area contributed by atoms with E-state index >= 15 is 0 Å². The highest BCUT2D eigenvalue weighted by Gasteiger charge is 1.87. The maximum Gasteiger partial charge on any atom is 0.212 e. The number of hydrogen-bond donors (Lipinski definition) is 2. The molecule has 0 aliphatic heterocycles. The number of hydrogen-bond acceptors (Lipinski definition) is 1. The molecule has 0 aliphatic rings. The number of nitrogens with one attached hydrogen (secondary N) is 1. The smallest absolute Gasteiger partial charge is 0.212 e. The molecule has 0 amide bonds. The summed E-state index contributed by atoms with van der Waals surface area (Å²) in [5.74, 6) is 0.476. The Kier molecular flexibility index (Phi) is 3.67. The van der Waals surface area contributed by atoms with E-state index in [1.165, 1.54) is 0 Å². The van der Waals surface area contributed by atoms with Gasteiger partial charge in [0.05, 0.1) is 0 Å². The zero-order chi connectivity index (χ0) is 7.28. The quantitative estimate of drug-likeness (QED) is 0.422. The molecule has 0 aromatic heterocycles. The average molecular weight is 127 g/mol. The monoisotopic (exact) mass is 127 g/mol. The van der Waals surface area contributed by atoms with Crippen molar-refractivity contribution in [2.75, 3.05) is 0 Å². The summed E-state index contributed by atoms with van der Waals surface area (Å²) < 4.78 is 0. The highest BCUT2D eigenvalue weighted by atomic mass is 15.0. The number of rotatable bonds is 2. The van der Waals surface area contributed by atoms with Crippen LogP contribution in [0.5, 0.6) is 0 Å². The lowest BCUT2D eigenvalue weighted by atomic mass is 10.2. The molecule has 0 saturated carbocycles. The number of nitrogens with two attached hydrogens (primary N) is 1. The van der Waals surface area contributed by atoms with Gasteiger partial charge in [0.25, 0.3) is 0 Å². The first kappa shape index (κ1) is 8.14. The lowest BCUT2D eigenvalue weighted by Gasteiger charge is -1.94. The van der Waals surface area contributed by atoms with Gasteiger partial charge >= 0.3 is 0 Å². The van der Waals surface area contributed by atoms with Crippen LogP contribution in [-0.2, 0) is 0 Å². The first-order valence-electron chi connectivity index (χ1n) is 2.99. The second kappa shape index (κ2) is 4.06. The van der Waals surface area contributed by atoms with Crippen molar-refractivity contribution in [1.82, 2.24) is 0 Å². The molecule has 3 N–H and O–H groups in total. The van der Waals surface area contributed by atoms with Crippen LogP contribution in [-0.4, -0.2) is 12.2 Å². The highest BCUT2D eigenvalue weighted by Crippen LogP contribution is 1.94. The van der Waals surface area contributed by atoms with Crippen LogP contribution in [0.4, 0.5) is 0 Å². The lowest BCUT2D eigenvalue weighted by molar-refractivity contribution is 0.691. The van der Waals surface area contributed by atoms with Crippen molar-refractivity contribution in [3.63, 3.8) is 0 Å². The van der Waals surface area contributed by atoms with E-state index in [1.54, 1.807) is 6.21 Å². The molecule has 0 unspecified atom stereocenters. The normalized spacial score (nSPS) is 11.0. The molecule has 0 heterocycles. The van der Waals surface area contributed by atoms with Gasteiger partial charge in [0, 0.05) is 6.21 Å². The van der Waals surface area contributed by atoms with Crippen LogP contribution in [0, 0.1) is 11.3 Å². The molecule has 0 saturated heterocycles. The topological polar surface area (TPSA) is 62.2 Å². The van der Waals surface area contributed by atoms with Crippen molar-refractivity contribution >= 4 is 12.2 Å². The van der Waals surface area contributed by atoms with Gasteiger partial charge in [-0.25, -0.2) is 4.99 Å². The minimum atomic E-state index is -0.115. The molecule has 0 rings (SSSR count). The van der Waals surface area contributed by atoms with E-state index in [0.29, 0.717) is 5.92 Å². The Morgan fingerprint density at radius 1 is 1.78 bits per heavy atom. The Morgan fingerprint density at radius 2 is 2.33 bits per heavy atom. The predicted molar refractivity (Wildman–Crippen MR) is 39.9 cm³/mol. The van der Waals surface area contributed by atoms with E-state index < -0.39 is 0 Å². The fraction of sp³-hybridized carbons (Fsp3) is 0.667. The van der Waals surface area contributed by atoms with Gasteiger partial charge < -0.3 is 5.73 Å². The molecule has 0 fully saturated rings. The molecule has 0 aromatic rings. The molecule has 3 heteroatoms. The summed E-state index contributed by atoms with van der Waals surface area (Å²) in [6.45, 7) is 4.18. The maximum atomic E-state index is 6.72. The minimum Gasteiger partial charge on any atom is -0.368 e. The van der Waals surface area contributed by atoms with Crippen molar-refractivity contribution in [2.45, 2.75) is 20.3 Å². The molecule has 0 aliphatic carbocycles. The lowest BCUT2D eigenvalue weighted by Crippen LogP contribution is -2.05. The maximum absolute atomic E-state index is 6.72. The summed E-state index contributed by atoms with van der Waals surface area (Å²) in [6, 6.07) is 0. The third-order valence-corrected chi connectivity index (χ3v) is 0.807. The van der Waals surface area contributed by atoms with Gasteiger partial charge in [0.15, 0.2) is 0 Å². The number of guanidine groups is 1. The van der Waals surface area contributed by atoms with Gasteiger partial charge in [0.1, 0.15) is 0 Å². The van der Waals surface area contributed by atoms with Gasteiger partial charge in [-0.1, -0.05) is 13.8 Å². The van der Waals surface area contributed by atoms with Crippen molar-refractivity contribution < 1.29 is 0 Å². The van der Waals surface area contributed by atoms with E-state index in [0.717, 1.165) is 6.42 Å². The largest absolute Gasteiger partial charge is 0.368 e. The molecule has 3 nitrogen and oxygen atoms in total. The van der Waals surface area contributed by atoms with Crippen molar-refractivity contribution in [3.8, 4) is 0 Å².